The average Bonchev–Trinajstić information content (AvgIpc) is 3.45. The molecule has 5 heterocycles. The highest BCUT2D eigenvalue weighted by atomic mass is 16.6. The van der Waals surface area contributed by atoms with Crippen molar-refractivity contribution < 1.29 is 9.53 Å². The van der Waals surface area contributed by atoms with Crippen molar-refractivity contribution in [1.82, 2.24) is 29.8 Å². The van der Waals surface area contributed by atoms with Crippen molar-refractivity contribution in [1.29, 1.82) is 0 Å². The highest BCUT2D eigenvalue weighted by Crippen LogP contribution is 2.29. The lowest BCUT2D eigenvalue weighted by Crippen LogP contribution is -2.51. The molecule has 2 aliphatic rings. The van der Waals surface area contributed by atoms with E-state index in [1.165, 1.54) is 0 Å². The molecule has 0 aliphatic carbocycles. The molecule has 34 heavy (non-hydrogen) atoms. The van der Waals surface area contributed by atoms with Crippen molar-refractivity contribution >= 4 is 17.6 Å². The summed E-state index contributed by atoms with van der Waals surface area (Å²) in [5.41, 5.74) is 3.56. The van der Waals surface area contributed by atoms with Crippen molar-refractivity contribution in [2.45, 2.75) is 39.2 Å². The van der Waals surface area contributed by atoms with Crippen LogP contribution < -0.4 is 10.2 Å². The first-order valence-electron chi connectivity index (χ1n) is 12.1. The Balaban J connectivity index is 1.32. The highest BCUT2D eigenvalue weighted by molar-refractivity contribution is 5.79. The summed E-state index contributed by atoms with van der Waals surface area (Å²) in [7, 11) is 0. The van der Waals surface area contributed by atoms with Gasteiger partial charge in [-0.25, -0.2) is 14.3 Å². The fourth-order valence-electron chi connectivity index (χ4n) is 4.73. The van der Waals surface area contributed by atoms with Gasteiger partial charge < -0.3 is 19.9 Å². The molecule has 180 valence electrons. The smallest absolute Gasteiger partial charge is 0.410 e. The molecule has 3 aromatic heterocycles. The summed E-state index contributed by atoms with van der Waals surface area (Å²) in [6, 6.07) is 6.05. The number of aromatic nitrogens is 4. The molecule has 2 fully saturated rings. The van der Waals surface area contributed by atoms with E-state index in [0.717, 1.165) is 47.7 Å². The van der Waals surface area contributed by atoms with E-state index in [9.17, 15) is 4.79 Å². The maximum Gasteiger partial charge on any atom is 0.410 e. The molecule has 1 unspecified atom stereocenters. The summed E-state index contributed by atoms with van der Waals surface area (Å²) in [5.74, 6) is 1.40. The summed E-state index contributed by atoms with van der Waals surface area (Å²) in [6.45, 7) is 10.6. The molecule has 0 saturated carbocycles. The number of fused-ring (bicyclic) bond motifs is 1. The van der Waals surface area contributed by atoms with Crippen LogP contribution in [0.25, 0.3) is 16.8 Å². The van der Waals surface area contributed by atoms with Crippen molar-refractivity contribution in [2.24, 2.45) is 5.92 Å². The quantitative estimate of drug-likeness (QED) is 0.622. The molecule has 0 aromatic carbocycles. The Labute approximate surface area is 200 Å². The molecule has 1 amide bonds. The highest BCUT2D eigenvalue weighted by Gasteiger charge is 2.35. The SMILES string of the molecule is CC(C)Cc1ncccc1-c1cnn2ccc(N3CCN(C(=O)OC4(C)CCNC4)CC3)nc12. The molecule has 9 heteroatoms. The second kappa shape index (κ2) is 9.21. The molecule has 0 radical (unpaired) electrons. The minimum atomic E-state index is -0.403. The second-order valence-corrected chi connectivity index (χ2v) is 9.93. The number of carbonyl (C=O) groups excluding carboxylic acids is 1. The van der Waals surface area contributed by atoms with Gasteiger partial charge >= 0.3 is 6.09 Å². The lowest BCUT2D eigenvalue weighted by Gasteiger charge is -2.36. The maximum atomic E-state index is 12.7. The van der Waals surface area contributed by atoms with Crippen LogP contribution in [0.15, 0.2) is 36.8 Å². The number of rotatable bonds is 5. The van der Waals surface area contributed by atoms with Gasteiger partial charge in [0, 0.05) is 68.4 Å². The molecule has 0 spiro atoms. The van der Waals surface area contributed by atoms with Gasteiger partial charge in [-0.15, -0.1) is 0 Å². The van der Waals surface area contributed by atoms with Gasteiger partial charge in [-0.2, -0.15) is 5.10 Å². The van der Waals surface area contributed by atoms with Gasteiger partial charge in [-0.05, 0) is 37.9 Å². The third kappa shape index (κ3) is 4.57. The number of hydrogen-bond acceptors (Lipinski definition) is 7. The van der Waals surface area contributed by atoms with E-state index >= 15 is 0 Å². The van der Waals surface area contributed by atoms with Gasteiger partial charge in [-0.3, -0.25) is 4.98 Å². The first kappa shape index (κ1) is 22.6. The van der Waals surface area contributed by atoms with Gasteiger partial charge in [0.05, 0.1) is 6.20 Å². The van der Waals surface area contributed by atoms with E-state index in [2.05, 4.69) is 40.2 Å². The molecule has 1 N–H and O–H groups in total. The molecule has 2 saturated heterocycles. The number of anilines is 1. The molecule has 5 rings (SSSR count). The molecular formula is C25H33N7O2. The topological polar surface area (TPSA) is 87.9 Å². The zero-order chi connectivity index (χ0) is 23.7. The summed E-state index contributed by atoms with van der Waals surface area (Å²) < 4.78 is 7.62. The van der Waals surface area contributed by atoms with E-state index < -0.39 is 5.60 Å². The van der Waals surface area contributed by atoms with E-state index in [-0.39, 0.29) is 6.09 Å². The number of nitrogens with zero attached hydrogens (tertiary/aromatic N) is 6. The molecule has 3 aromatic rings. The predicted molar refractivity (Wildman–Crippen MR) is 131 cm³/mol. The zero-order valence-electron chi connectivity index (χ0n) is 20.2. The third-order valence-electron chi connectivity index (χ3n) is 6.66. The van der Waals surface area contributed by atoms with Gasteiger partial charge in [0.25, 0.3) is 0 Å². The average molecular weight is 464 g/mol. The Kier molecular flexibility index (Phi) is 6.12. The number of carbonyl (C=O) groups is 1. The van der Waals surface area contributed by atoms with Crippen molar-refractivity contribution in [3.8, 4) is 11.1 Å². The fraction of sp³-hybridized carbons (Fsp3) is 0.520. The van der Waals surface area contributed by atoms with Crippen LogP contribution in [0, 0.1) is 5.92 Å². The van der Waals surface area contributed by atoms with Crippen LogP contribution in [0.3, 0.4) is 0 Å². The summed E-state index contributed by atoms with van der Waals surface area (Å²) in [6.07, 6.45) is 7.21. The zero-order valence-corrected chi connectivity index (χ0v) is 20.2. The Morgan fingerprint density at radius 2 is 2.03 bits per heavy atom. The van der Waals surface area contributed by atoms with E-state index in [1.807, 2.05) is 42.2 Å². The van der Waals surface area contributed by atoms with Crippen molar-refractivity contribution in [3.05, 3.63) is 42.5 Å². The summed E-state index contributed by atoms with van der Waals surface area (Å²) in [5, 5.41) is 7.79. The molecular weight excluding hydrogens is 430 g/mol. The van der Waals surface area contributed by atoms with Crippen LogP contribution in [0.4, 0.5) is 10.6 Å². The lowest BCUT2D eigenvalue weighted by molar-refractivity contribution is 0.0136. The van der Waals surface area contributed by atoms with Crippen LogP contribution >= 0.6 is 0 Å². The summed E-state index contributed by atoms with van der Waals surface area (Å²) >= 11 is 0. The number of amides is 1. The van der Waals surface area contributed by atoms with E-state index in [1.54, 1.807) is 4.90 Å². The maximum absolute atomic E-state index is 12.7. The number of piperazine rings is 1. The lowest BCUT2D eigenvalue weighted by atomic mass is 10.00. The third-order valence-corrected chi connectivity index (χ3v) is 6.66. The Bertz CT molecular complexity index is 1160. The van der Waals surface area contributed by atoms with Crippen LogP contribution in [0.2, 0.25) is 0 Å². The largest absolute Gasteiger partial charge is 0.442 e. The van der Waals surface area contributed by atoms with Gasteiger partial charge in [-0.1, -0.05) is 19.9 Å². The summed E-state index contributed by atoms with van der Waals surface area (Å²) in [4.78, 5) is 26.3. The monoisotopic (exact) mass is 463 g/mol. The molecule has 9 nitrogen and oxygen atoms in total. The molecule has 0 bridgehead atoms. The second-order valence-electron chi connectivity index (χ2n) is 9.93. The number of ether oxygens (including phenoxy) is 1. The van der Waals surface area contributed by atoms with Crippen molar-refractivity contribution in [3.63, 3.8) is 0 Å². The van der Waals surface area contributed by atoms with E-state index in [4.69, 9.17) is 9.72 Å². The predicted octanol–water partition coefficient (Wildman–Crippen LogP) is 3.00. The fourth-order valence-corrected chi connectivity index (χ4v) is 4.73. The Morgan fingerprint density at radius 3 is 2.76 bits per heavy atom. The normalized spacial score (nSPS) is 20.9. The van der Waals surface area contributed by atoms with Crippen LogP contribution in [-0.4, -0.2) is 75.4 Å². The van der Waals surface area contributed by atoms with Crippen LogP contribution in [-0.2, 0) is 11.2 Å². The van der Waals surface area contributed by atoms with Crippen LogP contribution in [0.1, 0.15) is 32.9 Å². The number of hydrogen-bond donors (Lipinski definition) is 1. The molecule has 1 atom stereocenters. The minimum absolute atomic E-state index is 0.221. The van der Waals surface area contributed by atoms with Gasteiger partial charge in [0.15, 0.2) is 5.65 Å². The van der Waals surface area contributed by atoms with Gasteiger partial charge in [0.1, 0.15) is 11.4 Å². The van der Waals surface area contributed by atoms with Crippen LogP contribution in [0.5, 0.6) is 0 Å². The van der Waals surface area contributed by atoms with Crippen molar-refractivity contribution in [2.75, 3.05) is 44.2 Å². The van der Waals surface area contributed by atoms with Gasteiger partial charge in [0.2, 0.25) is 0 Å². The Morgan fingerprint density at radius 1 is 1.21 bits per heavy atom. The first-order chi connectivity index (χ1) is 16.4. The van der Waals surface area contributed by atoms with E-state index in [0.29, 0.717) is 38.6 Å². The standard InChI is InChI=1S/C25H33N7O2/c1-18(2)15-21-19(5-4-8-27-21)20-16-28-32-10-6-22(29-23(20)32)30-11-13-31(14-12-30)24(33)34-25(3)7-9-26-17-25/h4-6,8,10,16,18,26H,7,9,11-15,17H2,1-3H3. The molecule has 2 aliphatic heterocycles. The first-order valence-corrected chi connectivity index (χ1v) is 12.1. The number of nitrogens with one attached hydrogen (secondary N) is 1. The number of pyridine rings is 1. The minimum Gasteiger partial charge on any atom is -0.442 e. The Hall–Kier alpha value is -3.20.